The molecule has 7 heteroatoms. The van der Waals surface area contributed by atoms with Crippen LogP contribution in [0.2, 0.25) is 0 Å². The molecule has 0 unspecified atom stereocenters. The number of aliphatic carboxylic acids is 1. The summed E-state index contributed by atoms with van der Waals surface area (Å²) in [7, 11) is 1.57. The Hall–Kier alpha value is -1.92. The van der Waals surface area contributed by atoms with E-state index in [1.54, 1.807) is 7.05 Å². The monoisotopic (exact) mass is 169 g/mol. The maximum Gasteiger partial charge on any atom is 0.351 e. The molecule has 1 rings (SSSR count). The largest absolute Gasteiger partial charge is 0.477 e. The molecule has 0 spiro atoms. The quantitative estimate of drug-likeness (QED) is 0.527. The Morgan fingerprint density at radius 2 is 2.42 bits per heavy atom. The van der Waals surface area contributed by atoms with E-state index in [0.29, 0.717) is 0 Å². The molecule has 0 aliphatic carbocycles. The first-order chi connectivity index (χ1) is 5.59. The molecule has 1 aromatic rings. The number of aromatic nitrogens is 4. The second-order valence-corrected chi connectivity index (χ2v) is 2.04. The molecule has 0 saturated carbocycles. The molecule has 1 aromatic heterocycles. The van der Waals surface area contributed by atoms with Crippen LogP contribution in [0.1, 0.15) is 5.82 Å². The highest BCUT2D eigenvalue weighted by molar-refractivity contribution is 5.90. The maximum absolute atomic E-state index is 10.2. The zero-order valence-corrected chi connectivity index (χ0v) is 6.30. The number of tetrazole rings is 1. The molecule has 0 atom stereocenters. The highest BCUT2D eigenvalue weighted by Gasteiger charge is 2.03. The van der Waals surface area contributed by atoms with Crippen LogP contribution in [0.4, 0.5) is 0 Å². The first kappa shape index (κ1) is 8.18. The average Bonchev–Trinajstić information content (AvgIpc) is 2.35. The highest BCUT2D eigenvalue weighted by atomic mass is 16.4. The number of rotatable bonds is 2. The van der Waals surface area contributed by atoms with Gasteiger partial charge >= 0.3 is 5.97 Å². The van der Waals surface area contributed by atoms with Gasteiger partial charge in [0.1, 0.15) is 5.70 Å². The standard InChI is InChI=1S/C5H7N5O2/c1-10-8-4(7-9-10)2-3(6)5(11)12/h2H,6H2,1H3,(H,11,12)/b3-2+. The summed E-state index contributed by atoms with van der Waals surface area (Å²) in [6.07, 6.45) is 1.13. The van der Waals surface area contributed by atoms with E-state index >= 15 is 0 Å². The molecule has 7 nitrogen and oxygen atoms in total. The number of nitrogens with two attached hydrogens (primary N) is 1. The molecule has 0 amide bonds. The fourth-order valence-corrected chi connectivity index (χ4v) is 0.557. The van der Waals surface area contributed by atoms with Crippen molar-refractivity contribution in [3.63, 3.8) is 0 Å². The van der Waals surface area contributed by atoms with Crippen LogP contribution in [-0.2, 0) is 11.8 Å². The fourth-order valence-electron chi connectivity index (χ4n) is 0.557. The van der Waals surface area contributed by atoms with Crippen molar-refractivity contribution < 1.29 is 9.90 Å². The topological polar surface area (TPSA) is 107 Å². The van der Waals surface area contributed by atoms with E-state index in [2.05, 4.69) is 15.4 Å². The first-order valence-corrected chi connectivity index (χ1v) is 3.04. The van der Waals surface area contributed by atoms with Crippen LogP contribution in [0, 0.1) is 0 Å². The second-order valence-electron chi connectivity index (χ2n) is 2.04. The lowest BCUT2D eigenvalue weighted by Gasteiger charge is -1.87. The van der Waals surface area contributed by atoms with E-state index in [0.717, 1.165) is 6.08 Å². The van der Waals surface area contributed by atoms with Gasteiger partial charge in [-0.25, -0.2) is 4.79 Å². The highest BCUT2D eigenvalue weighted by Crippen LogP contribution is 1.93. The Balaban J connectivity index is 2.87. The van der Waals surface area contributed by atoms with Crippen molar-refractivity contribution in [1.82, 2.24) is 20.2 Å². The smallest absolute Gasteiger partial charge is 0.351 e. The van der Waals surface area contributed by atoms with Crippen LogP contribution < -0.4 is 5.73 Å². The van der Waals surface area contributed by atoms with Gasteiger partial charge in [0.2, 0.25) is 0 Å². The number of hydrogen-bond acceptors (Lipinski definition) is 5. The van der Waals surface area contributed by atoms with Crippen molar-refractivity contribution in [3.8, 4) is 0 Å². The Labute approximate surface area is 67.5 Å². The number of hydrogen-bond donors (Lipinski definition) is 2. The van der Waals surface area contributed by atoms with E-state index in [1.165, 1.54) is 4.80 Å². The minimum Gasteiger partial charge on any atom is -0.477 e. The molecule has 0 aromatic carbocycles. The summed E-state index contributed by atoms with van der Waals surface area (Å²) in [5.41, 5.74) is 4.79. The molecule has 0 aliphatic heterocycles. The van der Waals surface area contributed by atoms with Crippen molar-refractivity contribution in [2.75, 3.05) is 0 Å². The Kier molecular flexibility index (Phi) is 2.04. The van der Waals surface area contributed by atoms with E-state index in [9.17, 15) is 4.79 Å². The number of nitrogens with zero attached hydrogens (tertiary/aromatic N) is 4. The summed E-state index contributed by atoms with van der Waals surface area (Å²) in [5, 5.41) is 19.1. The molecular formula is C5H7N5O2. The van der Waals surface area contributed by atoms with Crippen molar-refractivity contribution >= 4 is 12.0 Å². The van der Waals surface area contributed by atoms with Gasteiger partial charge in [-0.1, -0.05) is 0 Å². The molecule has 1 heterocycles. The third-order valence-corrected chi connectivity index (χ3v) is 1.06. The number of carbonyl (C=O) groups is 1. The van der Waals surface area contributed by atoms with Crippen LogP contribution >= 0.6 is 0 Å². The van der Waals surface area contributed by atoms with Gasteiger partial charge in [0, 0.05) is 6.08 Å². The maximum atomic E-state index is 10.2. The second kappa shape index (κ2) is 2.99. The van der Waals surface area contributed by atoms with E-state index in [1.807, 2.05) is 0 Å². The third kappa shape index (κ3) is 1.78. The Morgan fingerprint density at radius 1 is 1.75 bits per heavy atom. The van der Waals surface area contributed by atoms with Crippen LogP contribution in [0.5, 0.6) is 0 Å². The Morgan fingerprint density at radius 3 is 2.83 bits per heavy atom. The fraction of sp³-hybridized carbons (Fsp3) is 0.200. The minimum absolute atomic E-state index is 0.178. The van der Waals surface area contributed by atoms with Crippen LogP contribution in [0.3, 0.4) is 0 Å². The lowest BCUT2D eigenvalue weighted by Crippen LogP contribution is -2.09. The summed E-state index contributed by atoms with van der Waals surface area (Å²) >= 11 is 0. The normalized spacial score (nSPS) is 11.6. The molecule has 0 fully saturated rings. The van der Waals surface area contributed by atoms with E-state index in [4.69, 9.17) is 10.8 Å². The van der Waals surface area contributed by atoms with Crippen LogP contribution in [-0.4, -0.2) is 31.3 Å². The minimum atomic E-state index is -1.21. The third-order valence-electron chi connectivity index (χ3n) is 1.06. The van der Waals surface area contributed by atoms with Gasteiger partial charge in [0.15, 0.2) is 5.82 Å². The molecule has 0 saturated heterocycles. The molecule has 64 valence electrons. The van der Waals surface area contributed by atoms with Crippen molar-refractivity contribution in [1.29, 1.82) is 0 Å². The summed E-state index contributed by atoms with van der Waals surface area (Å²) < 4.78 is 0. The summed E-state index contributed by atoms with van der Waals surface area (Å²) in [6, 6.07) is 0. The van der Waals surface area contributed by atoms with Gasteiger partial charge in [0.25, 0.3) is 0 Å². The summed E-state index contributed by atoms with van der Waals surface area (Å²) in [4.78, 5) is 11.4. The number of carboxylic acids is 1. The van der Waals surface area contributed by atoms with Crippen molar-refractivity contribution in [2.45, 2.75) is 0 Å². The van der Waals surface area contributed by atoms with Gasteiger partial charge in [-0.2, -0.15) is 4.80 Å². The zero-order chi connectivity index (χ0) is 9.14. The van der Waals surface area contributed by atoms with Crippen molar-refractivity contribution in [2.24, 2.45) is 12.8 Å². The SMILES string of the molecule is Cn1nnc(/C=C(/N)C(=O)O)n1. The lowest BCUT2D eigenvalue weighted by molar-refractivity contribution is -0.132. The van der Waals surface area contributed by atoms with Gasteiger partial charge in [-0.15, -0.1) is 10.2 Å². The average molecular weight is 169 g/mol. The van der Waals surface area contributed by atoms with Gasteiger partial charge in [-0.3, -0.25) is 0 Å². The number of carboxylic acid groups (broad SMARTS) is 1. The lowest BCUT2D eigenvalue weighted by atomic mass is 10.4. The molecule has 0 aliphatic rings. The predicted molar refractivity (Wildman–Crippen MR) is 38.6 cm³/mol. The molecule has 0 radical (unpaired) electrons. The summed E-state index contributed by atoms with van der Waals surface area (Å²) in [6.45, 7) is 0. The van der Waals surface area contributed by atoms with E-state index < -0.39 is 5.97 Å². The van der Waals surface area contributed by atoms with Gasteiger partial charge in [0.05, 0.1) is 7.05 Å². The van der Waals surface area contributed by atoms with Gasteiger partial charge < -0.3 is 10.8 Å². The van der Waals surface area contributed by atoms with Crippen LogP contribution in [0.15, 0.2) is 5.70 Å². The first-order valence-electron chi connectivity index (χ1n) is 3.04. The molecule has 12 heavy (non-hydrogen) atoms. The predicted octanol–water partition coefficient (Wildman–Crippen LogP) is -1.41. The summed E-state index contributed by atoms with van der Waals surface area (Å²) in [5.74, 6) is -1.03. The van der Waals surface area contributed by atoms with Gasteiger partial charge in [-0.05, 0) is 5.21 Å². The number of aryl methyl sites for hydroxylation is 1. The zero-order valence-electron chi connectivity index (χ0n) is 6.30. The Bertz CT molecular complexity index is 328. The molecular weight excluding hydrogens is 162 g/mol. The molecule has 3 N–H and O–H groups in total. The molecule has 0 bridgehead atoms. The van der Waals surface area contributed by atoms with Crippen LogP contribution in [0.25, 0.3) is 6.08 Å². The van der Waals surface area contributed by atoms with Crippen molar-refractivity contribution in [3.05, 3.63) is 11.5 Å². The van der Waals surface area contributed by atoms with E-state index in [-0.39, 0.29) is 11.5 Å².